The van der Waals surface area contributed by atoms with E-state index in [4.69, 9.17) is 41.6 Å². The molecule has 15 heteroatoms. The van der Waals surface area contributed by atoms with Crippen LogP contribution in [0, 0.1) is 0 Å². The van der Waals surface area contributed by atoms with Crippen LogP contribution in [0.4, 0.5) is 11.4 Å². The number of benzene rings is 6. The Labute approximate surface area is 389 Å². The first-order valence-corrected chi connectivity index (χ1v) is 24.2. The number of allylic oxidation sites excluding steroid dienone is 4. The van der Waals surface area contributed by atoms with Crippen LogP contribution < -0.4 is 23.8 Å². The Morgan fingerprint density at radius 3 is 2.05 bits per heavy atom. The lowest BCUT2D eigenvalue weighted by atomic mass is 10.1. The molecule has 6 aromatic carbocycles. The molecular weight excluding hydrogens is 904 g/mol. The number of hydrogen-bond acceptors (Lipinski definition) is 10. The van der Waals surface area contributed by atoms with Gasteiger partial charge >= 0.3 is 11.8 Å². The topological polar surface area (TPSA) is 116 Å². The molecule has 2 aliphatic rings. The third-order valence-electron chi connectivity index (χ3n) is 11.4. The van der Waals surface area contributed by atoms with Crippen molar-refractivity contribution in [3.05, 3.63) is 165 Å². The Balaban J connectivity index is 1.05. The van der Waals surface area contributed by atoms with E-state index in [1.165, 1.54) is 4.90 Å². The van der Waals surface area contributed by atoms with Gasteiger partial charge in [-0.3, -0.25) is 4.90 Å². The number of aryl methyl sites for hydroxylation is 1. The predicted molar refractivity (Wildman–Crippen MR) is 256 cm³/mol. The lowest BCUT2D eigenvalue weighted by molar-refractivity contribution is -0.715. The number of hydrogen-bond donors (Lipinski definition) is 0. The number of halogens is 2. The van der Waals surface area contributed by atoms with Gasteiger partial charge < -0.3 is 18.1 Å². The maximum Gasteiger partial charge on any atom is 0.376 e. The van der Waals surface area contributed by atoms with Crippen molar-refractivity contribution >= 4 is 112 Å². The summed E-state index contributed by atoms with van der Waals surface area (Å²) in [6.45, 7) is 6.86. The molecule has 2 aliphatic heterocycles. The first-order valence-electron chi connectivity index (χ1n) is 21.1. The Morgan fingerprint density at radius 1 is 0.723 bits per heavy atom. The van der Waals surface area contributed by atoms with E-state index in [-0.39, 0.29) is 12.6 Å². The lowest BCUT2D eigenvalue weighted by Crippen LogP contribution is -2.39. The van der Waals surface area contributed by atoms with Crippen LogP contribution in [0.1, 0.15) is 45.4 Å². The fraction of sp³-hybridized carbons (Fsp3) is 0.160. The van der Waals surface area contributed by atoms with Crippen molar-refractivity contribution in [3.63, 3.8) is 0 Å². The van der Waals surface area contributed by atoms with Crippen LogP contribution in [0.15, 0.2) is 157 Å². The van der Waals surface area contributed by atoms with Gasteiger partial charge in [0.25, 0.3) is 17.8 Å². The molecule has 0 amide bonds. The normalized spacial score (nSPS) is 15.7. The van der Waals surface area contributed by atoms with Crippen molar-refractivity contribution in [2.75, 3.05) is 15.8 Å². The van der Waals surface area contributed by atoms with E-state index in [2.05, 4.69) is 42.7 Å². The van der Waals surface area contributed by atoms with Gasteiger partial charge in [-0.15, -0.1) is 4.57 Å². The minimum atomic E-state index is -4.70. The fourth-order valence-corrected chi connectivity index (χ4v) is 10.2. The number of nitrogens with zero attached hydrogens (tertiary/aromatic N) is 4. The van der Waals surface area contributed by atoms with Crippen LogP contribution in [-0.2, 0) is 28.2 Å². The van der Waals surface area contributed by atoms with Gasteiger partial charge in [0.15, 0.2) is 5.75 Å². The molecule has 0 aliphatic carbocycles. The minimum Gasteiger partial charge on any atom is -0.747 e. The second kappa shape index (κ2) is 17.4. The van der Waals surface area contributed by atoms with Gasteiger partial charge in [0, 0.05) is 33.1 Å². The van der Waals surface area contributed by atoms with Gasteiger partial charge in [0.1, 0.15) is 27.6 Å². The molecule has 0 bridgehead atoms. The molecule has 0 N–H and O–H groups in total. The summed E-state index contributed by atoms with van der Waals surface area (Å²) in [5.41, 5.74) is 6.13. The van der Waals surface area contributed by atoms with Crippen molar-refractivity contribution in [1.29, 1.82) is 0 Å². The monoisotopic (exact) mass is 943 g/mol. The third kappa shape index (κ3) is 8.51. The number of fused-ring (bicyclic) bond motifs is 6. The van der Waals surface area contributed by atoms with Crippen molar-refractivity contribution < 1.29 is 40.5 Å². The van der Waals surface area contributed by atoms with Crippen molar-refractivity contribution in [3.8, 4) is 5.75 Å². The molecule has 0 unspecified atom stereocenters. The Bertz CT molecular complexity index is 3470. The molecule has 65 heavy (non-hydrogen) atoms. The van der Waals surface area contributed by atoms with Crippen LogP contribution in [0.2, 0.25) is 10.0 Å². The van der Waals surface area contributed by atoms with E-state index in [1.807, 2.05) is 115 Å². The van der Waals surface area contributed by atoms with Crippen molar-refractivity contribution in [2.24, 2.45) is 0 Å². The van der Waals surface area contributed by atoms with Crippen LogP contribution in [0.3, 0.4) is 0 Å². The van der Waals surface area contributed by atoms with Crippen LogP contribution >= 0.6 is 35.0 Å². The van der Waals surface area contributed by atoms with Crippen LogP contribution in [-0.4, -0.2) is 18.8 Å². The maximum absolute atomic E-state index is 12.3. The highest BCUT2D eigenvalue weighted by molar-refractivity contribution is 8.03. The highest BCUT2D eigenvalue weighted by Crippen LogP contribution is 2.48. The summed E-state index contributed by atoms with van der Waals surface area (Å²) in [6.07, 6.45) is 9.00. The SMILES string of the molecule is CCC(=Cc1oc2ccc(Cl)cc2[n+]1CC)C=C1Sc2ccc(Cl)cc2N1OC[n+]1c(C=C(C=C2Oc3cc4ccccc4cc3N2CS(=O)(=O)[O-])CC)oc2cc3ccccc3cc21. The molecule has 0 radical (unpaired) electrons. The molecule has 4 heterocycles. The summed E-state index contributed by atoms with van der Waals surface area (Å²) in [7, 11) is -4.70. The first kappa shape index (κ1) is 42.9. The molecule has 328 valence electrons. The highest BCUT2D eigenvalue weighted by atomic mass is 35.5. The molecule has 0 fully saturated rings. The van der Waals surface area contributed by atoms with Gasteiger partial charge in [-0.05, 0) is 107 Å². The highest BCUT2D eigenvalue weighted by Gasteiger charge is 2.32. The van der Waals surface area contributed by atoms with Crippen LogP contribution in [0.5, 0.6) is 5.75 Å². The average Bonchev–Trinajstić information content (AvgIpc) is 4.01. The number of ether oxygens (including phenoxy) is 1. The quantitative estimate of drug-likeness (QED) is 0.0866. The summed E-state index contributed by atoms with van der Waals surface area (Å²) >= 11 is 14.6. The van der Waals surface area contributed by atoms with E-state index in [0.29, 0.717) is 58.2 Å². The Kier molecular flexibility index (Phi) is 11.5. The standard InChI is InChI=1S/C50H41Cl2N4O7S2/c1-4-31(20-49-55(30-65(57,58)59)40-24-34-12-8-10-14-36(34)26-45(40)63-49)19-48-54(39-23-33-11-7-9-13-35(33)25-44(39)62-48)29-60-56-42-28-38(52)16-18-46(42)64-50(56)22-32(5-2)21-47-53(6-3)41-27-37(51)15-17-43(41)61-47/h7-28H,4-6,29-30H2,1-3H3/q+1. The third-order valence-corrected chi connectivity index (χ3v) is 13.5. The molecule has 10 rings (SSSR count). The van der Waals surface area contributed by atoms with E-state index >= 15 is 0 Å². The largest absolute Gasteiger partial charge is 0.747 e. The van der Waals surface area contributed by atoms with Gasteiger partial charge in [-0.25, -0.2) is 18.3 Å². The smallest absolute Gasteiger partial charge is 0.376 e. The average molecular weight is 945 g/mol. The fourth-order valence-electron chi connectivity index (χ4n) is 8.19. The van der Waals surface area contributed by atoms with Crippen LogP contribution in [0.25, 0.3) is 55.9 Å². The number of aromatic nitrogens is 2. The summed E-state index contributed by atoms with van der Waals surface area (Å²) in [5.74, 6) is 1.04. The second-order valence-electron chi connectivity index (χ2n) is 15.6. The molecule has 0 spiro atoms. The number of rotatable bonds is 12. The number of hydroxylamine groups is 1. The Hall–Kier alpha value is -6.06. The van der Waals surface area contributed by atoms with Gasteiger partial charge in [0.05, 0.1) is 23.5 Å². The zero-order valence-electron chi connectivity index (χ0n) is 35.5. The van der Waals surface area contributed by atoms with Crippen molar-refractivity contribution in [2.45, 2.75) is 51.8 Å². The van der Waals surface area contributed by atoms with Gasteiger partial charge in [0.2, 0.25) is 17.0 Å². The molecule has 8 aromatic rings. The minimum absolute atomic E-state index is 0.0228. The summed E-state index contributed by atoms with van der Waals surface area (Å²) in [5, 5.41) is 7.67. The number of anilines is 2. The number of thioether (sulfide) groups is 1. The van der Waals surface area contributed by atoms with E-state index in [9.17, 15) is 13.0 Å². The summed E-state index contributed by atoms with van der Waals surface area (Å²) < 4.78 is 60.1. The molecule has 2 aromatic heterocycles. The van der Waals surface area contributed by atoms with Gasteiger partial charge in [-0.1, -0.05) is 97.3 Å². The predicted octanol–water partition coefficient (Wildman–Crippen LogP) is 12.3. The van der Waals surface area contributed by atoms with E-state index in [0.717, 1.165) is 64.9 Å². The second-order valence-corrected chi connectivity index (χ2v) is 18.9. The van der Waals surface area contributed by atoms with E-state index in [1.54, 1.807) is 22.9 Å². The Morgan fingerprint density at radius 2 is 1.34 bits per heavy atom. The summed E-state index contributed by atoms with van der Waals surface area (Å²) in [4.78, 5) is 9.22. The summed E-state index contributed by atoms with van der Waals surface area (Å²) in [6, 6.07) is 34.9. The molecule has 0 saturated carbocycles. The van der Waals surface area contributed by atoms with Crippen molar-refractivity contribution in [1.82, 2.24) is 0 Å². The maximum atomic E-state index is 12.3. The first-order chi connectivity index (χ1) is 31.4. The lowest BCUT2D eigenvalue weighted by Gasteiger charge is -2.20. The molecule has 0 saturated heterocycles. The zero-order valence-corrected chi connectivity index (χ0v) is 38.6. The molecular formula is C50H41Cl2N4O7S2+. The zero-order chi connectivity index (χ0) is 45.0. The van der Waals surface area contributed by atoms with Gasteiger partial charge in [-0.2, -0.15) is 4.57 Å². The number of oxazole rings is 2. The molecule has 11 nitrogen and oxygen atoms in total. The molecule has 0 atom stereocenters. The van der Waals surface area contributed by atoms with E-state index < -0.39 is 16.0 Å².